The summed E-state index contributed by atoms with van der Waals surface area (Å²) >= 11 is 6.49. The second kappa shape index (κ2) is 9.77. The van der Waals surface area contributed by atoms with Crippen molar-refractivity contribution in [2.45, 2.75) is 31.2 Å². The van der Waals surface area contributed by atoms with Crippen LogP contribution in [0.4, 0.5) is 22.4 Å². The van der Waals surface area contributed by atoms with E-state index in [4.69, 9.17) is 11.6 Å². The average molecular weight is 553 g/mol. The number of likely N-dealkylation sites (tertiary alicyclic amines) is 1. The average Bonchev–Trinajstić information content (AvgIpc) is 3.41. The number of amides is 2. The molecule has 0 aliphatic carbocycles. The normalized spacial score (nSPS) is 22.8. The van der Waals surface area contributed by atoms with Gasteiger partial charge in [0.15, 0.2) is 0 Å². The smallest absolute Gasteiger partial charge is 0.303 e. The number of nitrogens with one attached hydrogen (secondary N) is 1. The summed E-state index contributed by atoms with van der Waals surface area (Å²) in [6.45, 7) is 0.588. The Bertz CT molecular complexity index is 1420. The number of imide groups is 1. The van der Waals surface area contributed by atoms with Crippen LogP contribution in [0.3, 0.4) is 0 Å². The molecule has 2 aliphatic rings. The minimum atomic E-state index is -4.69. The molecule has 3 heterocycles. The van der Waals surface area contributed by atoms with Gasteiger partial charge in [0.05, 0.1) is 28.2 Å². The number of nitrogens with zero attached hydrogens (tertiary/aromatic N) is 3. The van der Waals surface area contributed by atoms with Crippen molar-refractivity contribution in [3.05, 3.63) is 69.2 Å². The molecule has 2 atom stereocenters. The first-order valence-electron chi connectivity index (χ1n) is 11.4. The Labute approximate surface area is 218 Å². The molecule has 0 spiro atoms. The summed E-state index contributed by atoms with van der Waals surface area (Å²) in [7, 11) is 1.75. The van der Waals surface area contributed by atoms with Gasteiger partial charge in [-0.1, -0.05) is 23.7 Å². The Morgan fingerprint density at radius 1 is 1.22 bits per heavy atom. The molecule has 2 aliphatic heterocycles. The highest BCUT2D eigenvalue weighted by atomic mass is 35.5. The monoisotopic (exact) mass is 552 g/mol. The first kappa shape index (κ1) is 25.7. The van der Waals surface area contributed by atoms with E-state index in [9.17, 15) is 27.2 Å². The van der Waals surface area contributed by atoms with E-state index >= 15 is 0 Å². The summed E-state index contributed by atoms with van der Waals surface area (Å²) in [5.41, 5.74) is 0.368. The molecule has 1 aromatic heterocycles. The van der Waals surface area contributed by atoms with Crippen molar-refractivity contribution < 1.29 is 27.2 Å². The van der Waals surface area contributed by atoms with E-state index in [2.05, 4.69) is 10.2 Å². The van der Waals surface area contributed by atoms with Crippen LogP contribution < -0.4 is 0 Å². The third-order valence-electron chi connectivity index (χ3n) is 6.65. The van der Waals surface area contributed by atoms with Gasteiger partial charge in [0.2, 0.25) is 0 Å². The van der Waals surface area contributed by atoms with Crippen molar-refractivity contribution in [3.8, 4) is 0 Å². The number of H-pyrrole nitrogens is 1. The molecule has 194 valence electrons. The number of aromatic nitrogens is 2. The number of piperidine rings is 1. The number of rotatable bonds is 4. The fourth-order valence-corrected chi connectivity index (χ4v) is 5.95. The zero-order valence-corrected chi connectivity index (χ0v) is 21.1. The SMILES string of the molecule is CN1CC[C@H](N2C(=O)S/C(=C(/Cc3ccc(Cl)cc3C(F)(F)F)c3ccc4[nH]ncc4c3)C2=O)[C@@H](F)C1. The lowest BCUT2D eigenvalue weighted by atomic mass is 9.93. The topological polar surface area (TPSA) is 69.3 Å². The van der Waals surface area contributed by atoms with Crippen LogP contribution in [-0.2, 0) is 17.4 Å². The summed E-state index contributed by atoms with van der Waals surface area (Å²) in [5, 5.41) is 6.75. The van der Waals surface area contributed by atoms with Gasteiger partial charge in [-0.05, 0) is 72.6 Å². The third kappa shape index (κ3) is 4.99. The molecule has 5 rings (SSSR count). The van der Waals surface area contributed by atoms with Crippen LogP contribution in [0.25, 0.3) is 16.5 Å². The van der Waals surface area contributed by atoms with E-state index in [1.807, 2.05) is 0 Å². The lowest BCUT2D eigenvalue weighted by Crippen LogP contribution is -2.52. The Hall–Kier alpha value is -2.89. The quantitative estimate of drug-likeness (QED) is 0.321. The second-order valence-corrected chi connectivity index (χ2v) is 10.5. The second-order valence-electron chi connectivity index (χ2n) is 9.13. The molecule has 0 unspecified atom stereocenters. The molecule has 3 aromatic rings. The third-order valence-corrected chi connectivity index (χ3v) is 7.88. The fraction of sp³-hybridized carbons (Fsp3) is 0.320. The summed E-state index contributed by atoms with van der Waals surface area (Å²) in [6.07, 6.45) is -4.58. The predicted molar refractivity (Wildman–Crippen MR) is 134 cm³/mol. The summed E-state index contributed by atoms with van der Waals surface area (Å²) in [6, 6.07) is 7.57. The standard InChI is InChI=1S/C25H21ClF4N4O2S/c1-33-7-6-21(19(27)12-33)34-23(35)22(37-24(34)36)17(13-3-5-20-15(8-13)11-31-32-20)9-14-2-4-16(26)10-18(14)25(28,29)30/h2-5,8,10-11,19,21H,6-7,9,12H2,1H3,(H,31,32)/b22-17-/t19-,21-/m0/s1. The van der Waals surface area contributed by atoms with Crippen molar-refractivity contribution in [2.75, 3.05) is 20.1 Å². The number of benzene rings is 2. The van der Waals surface area contributed by atoms with Gasteiger partial charge in [-0.3, -0.25) is 19.6 Å². The van der Waals surface area contributed by atoms with E-state index in [1.54, 1.807) is 36.3 Å². The van der Waals surface area contributed by atoms with Gasteiger partial charge in [-0.25, -0.2) is 4.39 Å². The van der Waals surface area contributed by atoms with Crippen molar-refractivity contribution in [3.63, 3.8) is 0 Å². The van der Waals surface area contributed by atoms with Gasteiger partial charge in [-0.2, -0.15) is 18.3 Å². The van der Waals surface area contributed by atoms with E-state index in [-0.39, 0.29) is 40.5 Å². The molecule has 2 saturated heterocycles. The first-order valence-corrected chi connectivity index (χ1v) is 12.6. The molecule has 37 heavy (non-hydrogen) atoms. The van der Waals surface area contributed by atoms with Gasteiger partial charge in [0.1, 0.15) is 6.17 Å². The molecule has 2 amide bonds. The van der Waals surface area contributed by atoms with Crippen molar-refractivity contribution in [1.29, 1.82) is 0 Å². The zero-order valence-electron chi connectivity index (χ0n) is 19.5. The maximum absolute atomic E-state index is 14.9. The molecule has 6 nitrogen and oxygen atoms in total. The number of hydrogen-bond acceptors (Lipinski definition) is 5. The number of aromatic amines is 1. The molecule has 12 heteroatoms. The lowest BCUT2D eigenvalue weighted by Gasteiger charge is -2.36. The summed E-state index contributed by atoms with van der Waals surface area (Å²) in [5.74, 6) is -0.697. The van der Waals surface area contributed by atoms with Crippen LogP contribution in [0, 0.1) is 0 Å². The highest BCUT2D eigenvalue weighted by Gasteiger charge is 2.46. The number of carbonyl (C=O) groups is 2. The van der Waals surface area contributed by atoms with Crippen LogP contribution in [0.1, 0.15) is 23.1 Å². The minimum Gasteiger partial charge on any atom is -0.303 e. The summed E-state index contributed by atoms with van der Waals surface area (Å²) in [4.78, 5) is 29.3. The summed E-state index contributed by atoms with van der Waals surface area (Å²) < 4.78 is 56.5. The van der Waals surface area contributed by atoms with Crippen LogP contribution in [0.5, 0.6) is 0 Å². The molecular weight excluding hydrogens is 532 g/mol. The molecule has 0 radical (unpaired) electrons. The van der Waals surface area contributed by atoms with E-state index in [1.165, 1.54) is 12.1 Å². The zero-order chi connectivity index (χ0) is 26.5. The van der Waals surface area contributed by atoms with Crippen molar-refractivity contribution >= 4 is 51.0 Å². The van der Waals surface area contributed by atoms with Gasteiger partial charge < -0.3 is 4.90 Å². The molecule has 0 bridgehead atoms. The van der Waals surface area contributed by atoms with Gasteiger partial charge in [-0.15, -0.1) is 0 Å². The fourth-order valence-electron chi connectivity index (χ4n) is 4.79. The Balaban J connectivity index is 1.62. The van der Waals surface area contributed by atoms with Gasteiger partial charge >= 0.3 is 6.18 Å². The highest BCUT2D eigenvalue weighted by Crippen LogP contribution is 2.43. The molecule has 2 aromatic carbocycles. The van der Waals surface area contributed by atoms with E-state index in [0.29, 0.717) is 34.8 Å². The van der Waals surface area contributed by atoms with Crippen LogP contribution in [0.15, 0.2) is 47.5 Å². The number of hydrogen-bond donors (Lipinski definition) is 1. The number of thioether (sulfide) groups is 1. The largest absolute Gasteiger partial charge is 0.416 e. The number of alkyl halides is 4. The first-order chi connectivity index (χ1) is 17.5. The van der Waals surface area contributed by atoms with Crippen molar-refractivity contribution in [2.24, 2.45) is 0 Å². The number of fused-ring (bicyclic) bond motifs is 1. The van der Waals surface area contributed by atoms with Gasteiger partial charge in [0, 0.05) is 23.5 Å². The number of allylic oxidation sites excluding steroid dienone is 1. The maximum atomic E-state index is 14.9. The maximum Gasteiger partial charge on any atom is 0.416 e. The number of halogens is 5. The van der Waals surface area contributed by atoms with Crippen LogP contribution in [-0.4, -0.2) is 63.5 Å². The molecular formula is C25H21ClF4N4O2S. The van der Waals surface area contributed by atoms with Crippen molar-refractivity contribution in [1.82, 2.24) is 20.0 Å². The predicted octanol–water partition coefficient (Wildman–Crippen LogP) is 5.93. The lowest BCUT2D eigenvalue weighted by molar-refractivity contribution is -0.138. The van der Waals surface area contributed by atoms with Crippen LogP contribution in [0.2, 0.25) is 5.02 Å². The Morgan fingerprint density at radius 3 is 2.73 bits per heavy atom. The van der Waals surface area contributed by atoms with E-state index in [0.717, 1.165) is 11.0 Å². The molecule has 2 fully saturated rings. The van der Waals surface area contributed by atoms with Crippen LogP contribution >= 0.6 is 23.4 Å². The highest BCUT2D eigenvalue weighted by molar-refractivity contribution is 8.18. The Morgan fingerprint density at radius 2 is 2.00 bits per heavy atom. The molecule has 1 N–H and O–H groups in total. The number of carbonyl (C=O) groups excluding carboxylic acids is 2. The molecule has 0 saturated carbocycles. The minimum absolute atomic E-state index is 0.0120. The Kier molecular flexibility index (Phi) is 6.80. The van der Waals surface area contributed by atoms with E-state index < -0.39 is 35.1 Å². The van der Waals surface area contributed by atoms with Gasteiger partial charge in [0.25, 0.3) is 11.1 Å².